The molecule has 0 aromatic heterocycles. The molecular formula is C17H31N3. The van der Waals surface area contributed by atoms with Crippen molar-refractivity contribution in [3.05, 3.63) is 34.9 Å². The second kappa shape index (κ2) is 7.77. The van der Waals surface area contributed by atoms with Gasteiger partial charge < -0.3 is 10.6 Å². The molecule has 0 bridgehead atoms. The van der Waals surface area contributed by atoms with E-state index in [1.54, 1.807) is 0 Å². The maximum absolute atomic E-state index is 6.45. The molecule has 20 heavy (non-hydrogen) atoms. The summed E-state index contributed by atoms with van der Waals surface area (Å²) in [5.41, 5.74) is 10.3. The zero-order chi connectivity index (χ0) is 15.3. The predicted molar refractivity (Wildman–Crippen MR) is 88.1 cm³/mol. The highest BCUT2D eigenvalue weighted by Crippen LogP contribution is 2.19. The van der Waals surface area contributed by atoms with Crippen molar-refractivity contribution in [2.24, 2.45) is 5.73 Å². The SMILES string of the molecule is CCN(CC(N)c1cc(C)ccc1C)C(C)CN(C)C. The first-order valence-corrected chi connectivity index (χ1v) is 7.56. The van der Waals surface area contributed by atoms with E-state index < -0.39 is 0 Å². The van der Waals surface area contributed by atoms with E-state index in [4.69, 9.17) is 5.73 Å². The summed E-state index contributed by atoms with van der Waals surface area (Å²) >= 11 is 0. The Morgan fingerprint density at radius 2 is 1.80 bits per heavy atom. The second-order valence-corrected chi connectivity index (χ2v) is 6.17. The zero-order valence-corrected chi connectivity index (χ0v) is 14.0. The van der Waals surface area contributed by atoms with Crippen molar-refractivity contribution >= 4 is 0 Å². The summed E-state index contributed by atoms with van der Waals surface area (Å²) in [6.45, 7) is 11.8. The first-order chi connectivity index (χ1) is 9.35. The van der Waals surface area contributed by atoms with Gasteiger partial charge in [-0.15, -0.1) is 0 Å². The fraction of sp³-hybridized carbons (Fsp3) is 0.647. The van der Waals surface area contributed by atoms with Crippen molar-refractivity contribution in [2.75, 3.05) is 33.7 Å². The zero-order valence-electron chi connectivity index (χ0n) is 14.0. The summed E-state index contributed by atoms with van der Waals surface area (Å²) in [4.78, 5) is 4.70. The molecule has 1 aromatic carbocycles. The highest BCUT2D eigenvalue weighted by Gasteiger charge is 2.18. The third kappa shape index (κ3) is 4.89. The van der Waals surface area contributed by atoms with Crippen LogP contribution in [0.3, 0.4) is 0 Å². The lowest BCUT2D eigenvalue weighted by Crippen LogP contribution is -2.43. The van der Waals surface area contributed by atoms with Crippen LogP contribution in [0.25, 0.3) is 0 Å². The topological polar surface area (TPSA) is 32.5 Å². The normalized spacial score (nSPS) is 14.8. The molecule has 114 valence electrons. The van der Waals surface area contributed by atoms with Crippen LogP contribution in [0.2, 0.25) is 0 Å². The molecule has 1 rings (SSSR count). The molecule has 0 heterocycles. The van der Waals surface area contributed by atoms with E-state index in [1.165, 1.54) is 16.7 Å². The van der Waals surface area contributed by atoms with Crippen molar-refractivity contribution in [1.82, 2.24) is 9.80 Å². The van der Waals surface area contributed by atoms with E-state index in [2.05, 4.69) is 69.8 Å². The molecule has 2 N–H and O–H groups in total. The Morgan fingerprint density at radius 1 is 1.15 bits per heavy atom. The van der Waals surface area contributed by atoms with Gasteiger partial charge in [0.2, 0.25) is 0 Å². The quantitative estimate of drug-likeness (QED) is 0.831. The maximum Gasteiger partial charge on any atom is 0.0427 e. The Bertz CT molecular complexity index is 415. The van der Waals surface area contributed by atoms with Gasteiger partial charge in [0.15, 0.2) is 0 Å². The summed E-state index contributed by atoms with van der Waals surface area (Å²) < 4.78 is 0. The summed E-state index contributed by atoms with van der Waals surface area (Å²) in [6, 6.07) is 7.15. The summed E-state index contributed by atoms with van der Waals surface area (Å²) in [5.74, 6) is 0. The highest BCUT2D eigenvalue weighted by atomic mass is 15.2. The molecule has 3 heteroatoms. The standard InChI is InChI=1S/C17H31N3/c1-7-20(15(4)11-19(5)6)12-17(18)16-10-13(2)8-9-14(16)3/h8-10,15,17H,7,11-12,18H2,1-6H3. The van der Waals surface area contributed by atoms with Gasteiger partial charge in [-0.2, -0.15) is 0 Å². The van der Waals surface area contributed by atoms with Crippen molar-refractivity contribution in [3.63, 3.8) is 0 Å². The lowest BCUT2D eigenvalue weighted by molar-refractivity contribution is 0.172. The predicted octanol–water partition coefficient (Wildman–Crippen LogP) is 2.58. The van der Waals surface area contributed by atoms with Crippen molar-refractivity contribution < 1.29 is 0 Å². The van der Waals surface area contributed by atoms with Crippen molar-refractivity contribution in [3.8, 4) is 0 Å². The van der Waals surface area contributed by atoms with Gasteiger partial charge in [-0.25, -0.2) is 0 Å². The van der Waals surface area contributed by atoms with Gasteiger partial charge in [-0.3, -0.25) is 4.90 Å². The van der Waals surface area contributed by atoms with Gasteiger partial charge in [0.25, 0.3) is 0 Å². The molecule has 0 amide bonds. The third-order valence-electron chi connectivity index (χ3n) is 3.92. The summed E-state index contributed by atoms with van der Waals surface area (Å²) in [6.07, 6.45) is 0. The minimum atomic E-state index is 0.0828. The molecule has 0 aliphatic rings. The van der Waals surface area contributed by atoms with Crippen molar-refractivity contribution in [2.45, 2.75) is 39.8 Å². The van der Waals surface area contributed by atoms with Crippen molar-refractivity contribution in [1.29, 1.82) is 0 Å². The van der Waals surface area contributed by atoms with Crippen LogP contribution in [-0.2, 0) is 0 Å². The van der Waals surface area contributed by atoms with E-state index in [9.17, 15) is 0 Å². The van der Waals surface area contributed by atoms with Gasteiger partial charge in [-0.05, 0) is 52.5 Å². The lowest BCUT2D eigenvalue weighted by Gasteiger charge is -2.32. The second-order valence-electron chi connectivity index (χ2n) is 6.17. The number of benzene rings is 1. The minimum absolute atomic E-state index is 0.0828. The fourth-order valence-electron chi connectivity index (χ4n) is 2.78. The average Bonchev–Trinajstić information content (AvgIpc) is 2.37. The molecule has 0 saturated heterocycles. The summed E-state index contributed by atoms with van der Waals surface area (Å²) in [5, 5.41) is 0. The molecule has 1 aromatic rings. The fourth-order valence-corrected chi connectivity index (χ4v) is 2.78. The van der Waals surface area contributed by atoms with E-state index >= 15 is 0 Å². The number of aryl methyl sites for hydroxylation is 2. The Morgan fingerprint density at radius 3 is 2.35 bits per heavy atom. The average molecular weight is 277 g/mol. The van der Waals surface area contributed by atoms with Crippen LogP contribution in [0, 0.1) is 13.8 Å². The number of likely N-dealkylation sites (N-methyl/N-ethyl adjacent to an activating group) is 2. The van der Waals surface area contributed by atoms with Crippen LogP contribution in [0.4, 0.5) is 0 Å². The van der Waals surface area contributed by atoms with Gasteiger partial charge >= 0.3 is 0 Å². The highest BCUT2D eigenvalue weighted by molar-refractivity contribution is 5.33. The van der Waals surface area contributed by atoms with E-state index in [-0.39, 0.29) is 6.04 Å². The third-order valence-corrected chi connectivity index (χ3v) is 3.92. The molecule has 2 atom stereocenters. The Hall–Kier alpha value is -0.900. The minimum Gasteiger partial charge on any atom is -0.323 e. The largest absolute Gasteiger partial charge is 0.323 e. The van der Waals surface area contributed by atoms with Gasteiger partial charge in [0.05, 0.1) is 0 Å². The molecule has 3 nitrogen and oxygen atoms in total. The molecular weight excluding hydrogens is 246 g/mol. The summed E-state index contributed by atoms with van der Waals surface area (Å²) in [7, 11) is 4.24. The molecule has 0 aliphatic carbocycles. The van der Waals surface area contributed by atoms with E-state index in [0.717, 1.165) is 19.6 Å². The lowest BCUT2D eigenvalue weighted by atomic mass is 9.98. The molecule has 0 saturated carbocycles. The van der Waals surface area contributed by atoms with Gasteiger partial charge in [0.1, 0.15) is 0 Å². The number of hydrogen-bond acceptors (Lipinski definition) is 3. The van der Waals surface area contributed by atoms with E-state index in [0.29, 0.717) is 6.04 Å². The Balaban J connectivity index is 2.76. The number of nitrogens with two attached hydrogens (primary N) is 1. The maximum atomic E-state index is 6.45. The molecule has 2 unspecified atom stereocenters. The Kier molecular flexibility index (Phi) is 6.66. The number of rotatable bonds is 7. The van der Waals surface area contributed by atoms with Crippen LogP contribution < -0.4 is 5.73 Å². The molecule has 0 aliphatic heterocycles. The first-order valence-electron chi connectivity index (χ1n) is 7.56. The smallest absolute Gasteiger partial charge is 0.0427 e. The van der Waals surface area contributed by atoms with Crippen LogP contribution >= 0.6 is 0 Å². The molecule has 0 fully saturated rings. The Labute approximate surface area is 124 Å². The van der Waals surface area contributed by atoms with Gasteiger partial charge in [0, 0.05) is 25.2 Å². The van der Waals surface area contributed by atoms with Gasteiger partial charge in [-0.1, -0.05) is 30.7 Å². The number of nitrogens with zero attached hydrogens (tertiary/aromatic N) is 2. The van der Waals surface area contributed by atoms with Crippen LogP contribution in [-0.4, -0.2) is 49.6 Å². The van der Waals surface area contributed by atoms with Crippen LogP contribution in [0.1, 0.15) is 36.6 Å². The monoisotopic (exact) mass is 277 g/mol. The number of hydrogen-bond donors (Lipinski definition) is 1. The molecule has 0 spiro atoms. The molecule has 0 radical (unpaired) electrons. The van der Waals surface area contributed by atoms with E-state index in [1.807, 2.05) is 0 Å². The van der Waals surface area contributed by atoms with Crippen LogP contribution in [0.15, 0.2) is 18.2 Å². The first kappa shape index (κ1) is 17.2. The van der Waals surface area contributed by atoms with Crippen LogP contribution in [0.5, 0.6) is 0 Å².